The average Bonchev–Trinajstić information content (AvgIpc) is 2.60. The zero-order valence-corrected chi connectivity index (χ0v) is 9.75. The number of aryl methyl sites for hydroxylation is 1. The Morgan fingerprint density at radius 3 is 2.86 bits per heavy atom. The lowest BCUT2D eigenvalue weighted by atomic mass is 10.1. The largest absolute Gasteiger partial charge is 0.354 e. The fraction of sp³-hybridized carbons (Fsp3) is 0.700. The predicted octanol–water partition coefficient (Wildman–Crippen LogP) is 2.58. The Hall–Kier alpha value is -0.700. The number of imidazole rings is 1. The van der Waals surface area contributed by atoms with Gasteiger partial charge in [-0.15, -0.1) is 11.6 Å². The van der Waals surface area contributed by atoms with E-state index in [1.165, 1.54) is 0 Å². The molecule has 0 fully saturated rings. The first-order valence-corrected chi connectivity index (χ1v) is 5.47. The SMILES string of the molecule is CCn1ccnc1NCC(Cl)C(C)C. The third-order valence-electron chi connectivity index (χ3n) is 2.23. The first-order chi connectivity index (χ1) is 6.65. The number of rotatable bonds is 5. The van der Waals surface area contributed by atoms with Crippen LogP contribution in [0, 0.1) is 5.92 Å². The van der Waals surface area contributed by atoms with E-state index in [4.69, 9.17) is 11.6 Å². The lowest BCUT2D eigenvalue weighted by Gasteiger charge is -2.14. The van der Waals surface area contributed by atoms with E-state index in [9.17, 15) is 0 Å². The Labute approximate surface area is 90.5 Å². The molecule has 0 saturated carbocycles. The van der Waals surface area contributed by atoms with Crippen molar-refractivity contribution in [2.75, 3.05) is 11.9 Å². The molecule has 1 unspecified atom stereocenters. The van der Waals surface area contributed by atoms with Gasteiger partial charge < -0.3 is 9.88 Å². The van der Waals surface area contributed by atoms with Crippen molar-refractivity contribution in [2.45, 2.75) is 32.7 Å². The predicted molar refractivity (Wildman–Crippen MR) is 60.9 cm³/mol. The monoisotopic (exact) mass is 215 g/mol. The molecule has 1 N–H and O–H groups in total. The van der Waals surface area contributed by atoms with Crippen molar-refractivity contribution in [1.82, 2.24) is 9.55 Å². The summed E-state index contributed by atoms with van der Waals surface area (Å²) in [6.07, 6.45) is 3.76. The van der Waals surface area contributed by atoms with Crippen molar-refractivity contribution in [3.05, 3.63) is 12.4 Å². The van der Waals surface area contributed by atoms with Crippen LogP contribution in [0.4, 0.5) is 5.95 Å². The second-order valence-electron chi connectivity index (χ2n) is 3.68. The molecule has 1 aromatic rings. The number of nitrogens with zero attached hydrogens (tertiary/aromatic N) is 2. The van der Waals surface area contributed by atoms with E-state index in [1.807, 2.05) is 6.20 Å². The fourth-order valence-corrected chi connectivity index (χ4v) is 1.23. The zero-order valence-electron chi connectivity index (χ0n) is 9.00. The second kappa shape index (κ2) is 5.25. The molecule has 1 atom stereocenters. The molecule has 0 radical (unpaired) electrons. The second-order valence-corrected chi connectivity index (χ2v) is 4.24. The molecule has 0 spiro atoms. The Balaban J connectivity index is 2.45. The minimum atomic E-state index is 0.150. The van der Waals surface area contributed by atoms with Gasteiger partial charge in [0.25, 0.3) is 0 Å². The van der Waals surface area contributed by atoms with Crippen molar-refractivity contribution in [3.63, 3.8) is 0 Å². The quantitative estimate of drug-likeness (QED) is 0.766. The van der Waals surface area contributed by atoms with E-state index in [0.717, 1.165) is 19.0 Å². The molecule has 3 nitrogen and oxygen atoms in total. The summed E-state index contributed by atoms with van der Waals surface area (Å²) < 4.78 is 2.06. The smallest absolute Gasteiger partial charge is 0.202 e. The van der Waals surface area contributed by atoms with Crippen LogP contribution in [0.2, 0.25) is 0 Å². The molecule has 0 aromatic carbocycles. The van der Waals surface area contributed by atoms with E-state index in [-0.39, 0.29) is 5.38 Å². The molecule has 0 bridgehead atoms. The minimum Gasteiger partial charge on any atom is -0.354 e. The summed E-state index contributed by atoms with van der Waals surface area (Å²) >= 11 is 6.13. The molecule has 80 valence electrons. The third kappa shape index (κ3) is 2.91. The highest BCUT2D eigenvalue weighted by atomic mass is 35.5. The summed E-state index contributed by atoms with van der Waals surface area (Å²) in [5.41, 5.74) is 0. The molecular formula is C10H18ClN3. The fourth-order valence-electron chi connectivity index (χ4n) is 1.16. The molecule has 0 aliphatic carbocycles. The van der Waals surface area contributed by atoms with Crippen molar-refractivity contribution < 1.29 is 0 Å². The van der Waals surface area contributed by atoms with E-state index in [2.05, 4.69) is 35.6 Å². The maximum Gasteiger partial charge on any atom is 0.202 e. The van der Waals surface area contributed by atoms with E-state index < -0.39 is 0 Å². The van der Waals surface area contributed by atoms with Gasteiger partial charge in [-0.25, -0.2) is 4.98 Å². The highest BCUT2D eigenvalue weighted by Crippen LogP contribution is 2.11. The van der Waals surface area contributed by atoms with Crippen molar-refractivity contribution in [2.24, 2.45) is 5.92 Å². The Kier molecular flexibility index (Phi) is 4.26. The lowest BCUT2D eigenvalue weighted by Crippen LogP contribution is -2.21. The number of aromatic nitrogens is 2. The Morgan fingerprint density at radius 2 is 2.29 bits per heavy atom. The maximum atomic E-state index is 6.13. The number of hydrogen-bond donors (Lipinski definition) is 1. The molecule has 0 amide bonds. The lowest BCUT2D eigenvalue weighted by molar-refractivity contribution is 0.612. The van der Waals surface area contributed by atoms with Crippen molar-refractivity contribution in [1.29, 1.82) is 0 Å². The summed E-state index contributed by atoms with van der Waals surface area (Å²) in [5, 5.41) is 3.40. The van der Waals surface area contributed by atoms with Crippen LogP contribution in [0.1, 0.15) is 20.8 Å². The third-order valence-corrected chi connectivity index (χ3v) is 2.89. The van der Waals surface area contributed by atoms with Gasteiger partial charge in [-0.3, -0.25) is 0 Å². The first-order valence-electron chi connectivity index (χ1n) is 5.04. The topological polar surface area (TPSA) is 29.9 Å². The van der Waals surface area contributed by atoms with Crippen LogP contribution in [0.3, 0.4) is 0 Å². The van der Waals surface area contributed by atoms with Gasteiger partial charge in [0, 0.05) is 25.5 Å². The van der Waals surface area contributed by atoms with Crippen LogP contribution in [0.15, 0.2) is 12.4 Å². The molecule has 0 saturated heterocycles. The maximum absolute atomic E-state index is 6.13. The van der Waals surface area contributed by atoms with Crippen LogP contribution in [-0.4, -0.2) is 21.5 Å². The highest BCUT2D eigenvalue weighted by molar-refractivity contribution is 6.21. The van der Waals surface area contributed by atoms with Gasteiger partial charge in [0.05, 0.1) is 5.38 Å². The van der Waals surface area contributed by atoms with Crippen LogP contribution in [0.5, 0.6) is 0 Å². The van der Waals surface area contributed by atoms with Gasteiger partial charge in [0.1, 0.15) is 0 Å². The van der Waals surface area contributed by atoms with E-state index in [0.29, 0.717) is 5.92 Å². The molecule has 0 aliphatic heterocycles. The minimum absolute atomic E-state index is 0.150. The van der Waals surface area contributed by atoms with Crippen LogP contribution >= 0.6 is 11.6 Å². The summed E-state index contributed by atoms with van der Waals surface area (Å²) in [6, 6.07) is 0. The molecule has 1 rings (SSSR count). The van der Waals surface area contributed by atoms with Gasteiger partial charge in [-0.05, 0) is 12.8 Å². The van der Waals surface area contributed by atoms with Crippen LogP contribution in [-0.2, 0) is 6.54 Å². The summed E-state index contributed by atoms with van der Waals surface area (Å²) in [5.74, 6) is 1.38. The normalized spacial score (nSPS) is 13.2. The summed E-state index contributed by atoms with van der Waals surface area (Å²) in [4.78, 5) is 4.21. The Bertz CT molecular complexity index is 270. The molecule has 14 heavy (non-hydrogen) atoms. The Morgan fingerprint density at radius 1 is 1.57 bits per heavy atom. The van der Waals surface area contributed by atoms with Crippen molar-refractivity contribution >= 4 is 17.5 Å². The van der Waals surface area contributed by atoms with E-state index in [1.54, 1.807) is 6.20 Å². The highest BCUT2D eigenvalue weighted by Gasteiger charge is 2.10. The van der Waals surface area contributed by atoms with Gasteiger partial charge in [-0.2, -0.15) is 0 Å². The molecule has 1 aromatic heterocycles. The number of hydrogen-bond acceptors (Lipinski definition) is 2. The van der Waals surface area contributed by atoms with Crippen molar-refractivity contribution in [3.8, 4) is 0 Å². The van der Waals surface area contributed by atoms with Crippen LogP contribution < -0.4 is 5.32 Å². The summed E-state index contributed by atoms with van der Waals surface area (Å²) in [7, 11) is 0. The molecule has 0 aliphatic rings. The zero-order chi connectivity index (χ0) is 10.6. The van der Waals surface area contributed by atoms with E-state index >= 15 is 0 Å². The first kappa shape index (κ1) is 11.4. The van der Waals surface area contributed by atoms with Crippen LogP contribution in [0.25, 0.3) is 0 Å². The molecular weight excluding hydrogens is 198 g/mol. The number of alkyl halides is 1. The number of anilines is 1. The van der Waals surface area contributed by atoms with Gasteiger partial charge in [0.15, 0.2) is 0 Å². The molecule has 4 heteroatoms. The van der Waals surface area contributed by atoms with Gasteiger partial charge in [-0.1, -0.05) is 13.8 Å². The molecule has 1 heterocycles. The summed E-state index contributed by atoms with van der Waals surface area (Å²) in [6.45, 7) is 8.01. The standard InChI is InChI=1S/C10H18ClN3/c1-4-14-6-5-12-10(14)13-7-9(11)8(2)3/h5-6,8-9H,4,7H2,1-3H3,(H,12,13). The van der Waals surface area contributed by atoms with Gasteiger partial charge >= 0.3 is 0 Å². The van der Waals surface area contributed by atoms with Gasteiger partial charge in [0.2, 0.25) is 5.95 Å². The number of nitrogens with one attached hydrogen (secondary N) is 1. The average molecular weight is 216 g/mol. The number of halogens is 1.